The Morgan fingerprint density at radius 2 is 2.09 bits per heavy atom. The third-order valence-corrected chi connectivity index (χ3v) is 2.42. The molecule has 0 amide bonds. The molecule has 1 aliphatic carbocycles. The van der Waals surface area contributed by atoms with E-state index in [-0.39, 0.29) is 0 Å². The molecule has 0 aromatic carbocycles. The summed E-state index contributed by atoms with van der Waals surface area (Å²) in [6.07, 6.45) is 7.66. The van der Waals surface area contributed by atoms with E-state index in [9.17, 15) is 0 Å². The topological polar surface area (TPSA) is 3.24 Å². The lowest BCUT2D eigenvalue weighted by molar-refractivity contribution is 0.287. The molecule has 0 spiro atoms. The fraction of sp³-hybridized carbons (Fsp3) is 0.800. The van der Waals surface area contributed by atoms with Gasteiger partial charge in [-0.1, -0.05) is 18.6 Å². The molecule has 1 unspecified atom stereocenters. The van der Waals surface area contributed by atoms with E-state index in [4.69, 9.17) is 0 Å². The van der Waals surface area contributed by atoms with Crippen molar-refractivity contribution in [3.63, 3.8) is 0 Å². The van der Waals surface area contributed by atoms with Gasteiger partial charge in [-0.05, 0) is 39.8 Å². The van der Waals surface area contributed by atoms with Crippen molar-refractivity contribution in [2.24, 2.45) is 0 Å². The molecule has 1 heteroatoms. The summed E-state index contributed by atoms with van der Waals surface area (Å²) in [4.78, 5) is 2.32. The van der Waals surface area contributed by atoms with Crippen LogP contribution in [0.15, 0.2) is 11.6 Å². The maximum absolute atomic E-state index is 2.42. The molecule has 0 bridgehead atoms. The zero-order valence-corrected chi connectivity index (χ0v) is 7.93. The largest absolute Gasteiger partial charge is 0.306 e. The minimum atomic E-state index is 0.753. The van der Waals surface area contributed by atoms with Gasteiger partial charge < -0.3 is 4.90 Å². The Morgan fingerprint density at radius 3 is 2.45 bits per heavy atom. The average molecular weight is 153 g/mol. The van der Waals surface area contributed by atoms with Crippen LogP contribution in [0.3, 0.4) is 0 Å². The van der Waals surface area contributed by atoms with Gasteiger partial charge in [0.05, 0.1) is 0 Å². The first-order valence-electron chi connectivity index (χ1n) is 4.58. The van der Waals surface area contributed by atoms with Crippen LogP contribution in [-0.4, -0.2) is 25.0 Å². The second-order valence-electron chi connectivity index (χ2n) is 3.62. The van der Waals surface area contributed by atoms with E-state index in [0.29, 0.717) is 0 Å². The van der Waals surface area contributed by atoms with Crippen LogP contribution in [0.4, 0.5) is 0 Å². The summed E-state index contributed by atoms with van der Waals surface area (Å²) in [7, 11) is 4.33. The number of rotatable bonds is 4. The van der Waals surface area contributed by atoms with E-state index >= 15 is 0 Å². The Bertz CT molecular complexity index is 141. The second-order valence-corrected chi connectivity index (χ2v) is 3.62. The average Bonchev–Trinajstić information content (AvgIpc) is 2.72. The minimum absolute atomic E-state index is 0.753. The van der Waals surface area contributed by atoms with Crippen molar-refractivity contribution in [3.05, 3.63) is 11.6 Å². The van der Waals surface area contributed by atoms with E-state index < -0.39 is 0 Å². The smallest absolute Gasteiger partial charge is 0.0121 e. The highest BCUT2D eigenvalue weighted by atomic mass is 15.1. The molecule has 1 aliphatic rings. The molecule has 11 heavy (non-hydrogen) atoms. The van der Waals surface area contributed by atoms with Crippen molar-refractivity contribution >= 4 is 0 Å². The molecule has 0 N–H and O–H groups in total. The fourth-order valence-electron chi connectivity index (χ4n) is 1.32. The van der Waals surface area contributed by atoms with Crippen LogP contribution in [0.1, 0.15) is 32.6 Å². The number of nitrogens with zero attached hydrogens (tertiary/aromatic N) is 1. The molecule has 0 saturated heterocycles. The number of hydrogen-bond acceptors (Lipinski definition) is 1. The fourth-order valence-corrected chi connectivity index (χ4v) is 1.32. The van der Waals surface area contributed by atoms with E-state index in [1.54, 1.807) is 5.57 Å². The lowest BCUT2D eigenvalue weighted by atomic mass is 10.1. The summed E-state index contributed by atoms with van der Waals surface area (Å²) in [5, 5.41) is 0. The molecule has 0 heterocycles. The van der Waals surface area contributed by atoms with Crippen molar-refractivity contribution in [2.45, 2.75) is 38.6 Å². The highest BCUT2D eigenvalue weighted by Gasteiger charge is 2.12. The van der Waals surface area contributed by atoms with Gasteiger partial charge in [-0.15, -0.1) is 0 Å². The Labute approximate surface area is 70.1 Å². The van der Waals surface area contributed by atoms with Gasteiger partial charge in [0.25, 0.3) is 0 Å². The lowest BCUT2D eigenvalue weighted by Crippen LogP contribution is -2.26. The summed E-state index contributed by atoms with van der Waals surface area (Å²) in [5.41, 5.74) is 1.67. The zero-order chi connectivity index (χ0) is 8.27. The molecule has 0 aromatic rings. The van der Waals surface area contributed by atoms with Crippen molar-refractivity contribution in [2.75, 3.05) is 14.1 Å². The van der Waals surface area contributed by atoms with Crippen molar-refractivity contribution in [1.29, 1.82) is 0 Å². The van der Waals surface area contributed by atoms with Gasteiger partial charge in [-0.25, -0.2) is 0 Å². The summed E-state index contributed by atoms with van der Waals surface area (Å²) >= 11 is 0. The van der Waals surface area contributed by atoms with Crippen LogP contribution in [0.25, 0.3) is 0 Å². The SMILES string of the molecule is CCC(CC=C1CC1)N(C)C. The first-order chi connectivity index (χ1) is 5.24. The van der Waals surface area contributed by atoms with Gasteiger partial charge in [0.2, 0.25) is 0 Å². The maximum atomic E-state index is 2.42. The quantitative estimate of drug-likeness (QED) is 0.561. The van der Waals surface area contributed by atoms with Crippen molar-refractivity contribution < 1.29 is 0 Å². The predicted octanol–water partition coefficient (Wildman–Crippen LogP) is 2.44. The Morgan fingerprint density at radius 1 is 1.45 bits per heavy atom. The van der Waals surface area contributed by atoms with E-state index in [2.05, 4.69) is 32.0 Å². The highest BCUT2D eigenvalue weighted by Crippen LogP contribution is 2.28. The van der Waals surface area contributed by atoms with E-state index in [1.165, 1.54) is 25.7 Å². The second kappa shape index (κ2) is 3.91. The van der Waals surface area contributed by atoms with Gasteiger partial charge in [0, 0.05) is 6.04 Å². The molecule has 0 radical (unpaired) electrons. The molecule has 1 saturated carbocycles. The Balaban J connectivity index is 2.25. The zero-order valence-electron chi connectivity index (χ0n) is 7.93. The molecule has 1 nitrogen and oxygen atoms in total. The molecular weight excluding hydrogens is 134 g/mol. The normalized spacial score (nSPS) is 18.7. The van der Waals surface area contributed by atoms with Crippen molar-refractivity contribution in [3.8, 4) is 0 Å². The summed E-state index contributed by atoms with van der Waals surface area (Å²) in [6, 6.07) is 0.753. The summed E-state index contributed by atoms with van der Waals surface area (Å²) in [5.74, 6) is 0. The van der Waals surface area contributed by atoms with Crippen molar-refractivity contribution in [1.82, 2.24) is 4.90 Å². The van der Waals surface area contributed by atoms with E-state index in [1.807, 2.05) is 0 Å². The number of hydrogen-bond donors (Lipinski definition) is 0. The monoisotopic (exact) mass is 153 g/mol. The third kappa shape index (κ3) is 3.06. The standard InChI is InChI=1S/C10H19N/c1-4-10(11(2)3)8-7-9-5-6-9/h7,10H,4-6,8H2,1-3H3. The molecule has 1 fully saturated rings. The maximum Gasteiger partial charge on any atom is 0.0121 e. The van der Waals surface area contributed by atoms with Crippen LogP contribution in [-0.2, 0) is 0 Å². The molecule has 1 atom stereocenters. The lowest BCUT2D eigenvalue weighted by Gasteiger charge is -2.20. The van der Waals surface area contributed by atoms with Crippen LogP contribution in [0.5, 0.6) is 0 Å². The third-order valence-electron chi connectivity index (χ3n) is 2.42. The predicted molar refractivity (Wildman–Crippen MR) is 49.7 cm³/mol. The van der Waals surface area contributed by atoms with Gasteiger partial charge in [0.1, 0.15) is 0 Å². The van der Waals surface area contributed by atoms with Gasteiger partial charge in [-0.2, -0.15) is 0 Å². The summed E-state index contributed by atoms with van der Waals surface area (Å²) < 4.78 is 0. The van der Waals surface area contributed by atoms with Crippen LogP contribution in [0, 0.1) is 0 Å². The molecule has 64 valence electrons. The molecule has 0 aromatic heterocycles. The first-order valence-corrected chi connectivity index (χ1v) is 4.58. The molecule has 0 aliphatic heterocycles. The number of allylic oxidation sites excluding steroid dienone is 1. The van der Waals surface area contributed by atoms with Gasteiger partial charge >= 0.3 is 0 Å². The molecular formula is C10H19N. The van der Waals surface area contributed by atoms with Crippen LogP contribution in [0.2, 0.25) is 0 Å². The first kappa shape index (κ1) is 8.79. The van der Waals surface area contributed by atoms with Crippen LogP contribution < -0.4 is 0 Å². The Kier molecular flexibility index (Phi) is 3.13. The highest BCUT2D eigenvalue weighted by molar-refractivity contribution is 5.16. The summed E-state index contributed by atoms with van der Waals surface area (Å²) in [6.45, 7) is 2.26. The van der Waals surface area contributed by atoms with Gasteiger partial charge in [0.15, 0.2) is 0 Å². The minimum Gasteiger partial charge on any atom is -0.306 e. The van der Waals surface area contributed by atoms with Gasteiger partial charge in [-0.3, -0.25) is 0 Å². The van der Waals surface area contributed by atoms with E-state index in [0.717, 1.165) is 6.04 Å². The van der Waals surface area contributed by atoms with Crippen LogP contribution >= 0.6 is 0 Å². The Hall–Kier alpha value is -0.300. The molecule has 1 rings (SSSR count).